The van der Waals surface area contributed by atoms with Crippen LogP contribution in [-0.4, -0.2) is 107 Å². The van der Waals surface area contributed by atoms with Crippen molar-refractivity contribution in [3.63, 3.8) is 0 Å². The van der Waals surface area contributed by atoms with Crippen LogP contribution in [0.2, 0.25) is 0 Å². The monoisotopic (exact) mass is 574 g/mol. The Hall–Kier alpha value is -1.67. The van der Waals surface area contributed by atoms with Crippen molar-refractivity contribution >= 4 is 17.6 Å². The molecule has 2 aliphatic heterocycles. The van der Waals surface area contributed by atoms with E-state index in [0.717, 1.165) is 0 Å². The van der Waals surface area contributed by atoms with Gasteiger partial charge in [0.1, 0.15) is 42.6 Å². The molecule has 0 spiro atoms. The summed E-state index contributed by atoms with van der Waals surface area (Å²) in [5.41, 5.74) is -1.12. The number of rotatable bonds is 13. The van der Waals surface area contributed by atoms with Gasteiger partial charge >= 0.3 is 0 Å². The summed E-state index contributed by atoms with van der Waals surface area (Å²) in [5.74, 6) is -1.45. The third-order valence-electron chi connectivity index (χ3n) is 8.81. The zero-order valence-electron chi connectivity index (χ0n) is 25.1. The first-order valence-corrected chi connectivity index (χ1v) is 14.4. The maximum atomic E-state index is 13.9. The van der Waals surface area contributed by atoms with E-state index < -0.39 is 96.8 Å². The quantitative estimate of drug-likeness (QED) is 0.209. The van der Waals surface area contributed by atoms with Crippen LogP contribution >= 0.6 is 0 Å². The number of carbonyl (C=O) groups is 3. The first kappa shape index (κ1) is 34.5. The molecule has 2 aliphatic rings. The highest BCUT2D eigenvalue weighted by Crippen LogP contribution is 2.39. The molecule has 2 amide bonds. The van der Waals surface area contributed by atoms with Gasteiger partial charge in [0.25, 0.3) is 0 Å². The van der Waals surface area contributed by atoms with E-state index in [1.165, 1.54) is 13.8 Å². The number of hydrogen-bond acceptors (Lipinski definition) is 10. The third-order valence-corrected chi connectivity index (χ3v) is 8.81. The van der Waals surface area contributed by atoms with Gasteiger partial charge in [0, 0.05) is 13.8 Å². The number of ketones is 1. The van der Waals surface area contributed by atoms with Crippen molar-refractivity contribution in [3.05, 3.63) is 0 Å². The molecule has 2 heterocycles. The Morgan fingerprint density at radius 2 is 1.45 bits per heavy atom. The van der Waals surface area contributed by atoms with Gasteiger partial charge in [-0.05, 0) is 38.0 Å². The fourth-order valence-corrected chi connectivity index (χ4v) is 5.33. The molecule has 2 saturated heterocycles. The molecule has 12 heteroatoms. The minimum Gasteiger partial charge on any atom is -0.394 e. The summed E-state index contributed by atoms with van der Waals surface area (Å²) >= 11 is 0. The van der Waals surface area contributed by atoms with Crippen LogP contribution in [0.25, 0.3) is 0 Å². The Morgan fingerprint density at radius 1 is 0.900 bits per heavy atom. The molecule has 0 aromatic carbocycles. The van der Waals surface area contributed by atoms with Crippen LogP contribution in [0.15, 0.2) is 0 Å². The standard InChI is InChI=1S/C28H50N2O10/c1-9-27(7,10-2)25-19(29-15(5)33)21(35)23(17(13-31)37-25)39-26-20(30-16(6)34)22(36)24(18(14-32)38-26)40-28(8,11-3)12-4/h17-20,22-26,31-32,36H,9-14H2,1-8H3,(H,29,33)(H,30,34). The van der Waals surface area contributed by atoms with Crippen LogP contribution in [0.1, 0.15) is 81.1 Å². The molecule has 0 bridgehead atoms. The molecule has 0 aromatic rings. The Balaban J connectivity index is 2.45. The number of aliphatic hydroxyl groups excluding tert-OH is 3. The van der Waals surface area contributed by atoms with Crippen LogP contribution in [0.5, 0.6) is 0 Å². The highest BCUT2D eigenvalue weighted by molar-refractivity contribution is 5.93. The maximum absolute atomic E-state index is 13.9. The van der Waals surface area contributed by atoms with Crippen molar-refractivity contribution in [1.82, 2.24) is 10.6 Å². The van der Waals surface area contributed by atoms with Crippen molar-refractivity contribution in [1.29, 1.82) is 0 Å². The summed E-state index contributed by atoms with van der Waals surface area (Å²) in [5, 5.41) is 37.1. The molecule has 5 N–H and O–H groups in total. The maximum Gasteiger partial charge on any atom is 0.217 e. The molecule has 40 heavy (non-hydrogen) atoms. The van der Waals surface area contributed by atoms with Gasteiger partial charge in [0.2, 0.25) is 11.8 Å². The SMILES string of the molecule is CCC(C)(CC)OC1C(CO)OC(OC2C(=O)C(NC(C)=O)C(C(C)(CC)CC)OC2CO)C(NC(C)=O)C1O. The van der Waals surface area contributed by atoms with Gasteiger partial charge < -0.3 is 44.9 Å². The molecule has 9 atom stereocenters. The summed E-state index contributed by atoms with van der Waals surface area (Å²) in [4.78, 5) is 38.1. The number of hydrogen-bond donors (Lipinski definition) is 5. The zero-order valence-corrected chi connectivity index (χ0v) is 25.1. The summed E-state index contributed by atoms with van der Waals surface area (Å²) in [6.07, 6.45) is -5.52. The second kappa shape index (κ2) is 14.5. The van der Waals surface area contributed by atoms with Gasteiger partial charge in [-0.2, -0.15) is 0 Å². The first-order chi connectivity index (χ1) is 18.7. The molecule has 2 fully saturated rings. The highest BCUT2D eigenvalue weighted by Gasteiger charge is 2.55. The lowest BCUT2D eigenvalue weighted by molar-refractivity contribution is -0.311. The number of Topliss-reactive ketones (excluding diaryl/α,β-unsaturated/α-hetero) is 1. The molecule has 9 unspecified atom stereocenters. The predicted molar refractivity (Wildman–Crippen MR) is 145 cm³/mol. The number of amides is 2. The second-order valence-corrected chi connectivity index (χ2v) is 11.5. The van der Waals surface area contributed by atoms with E-state index >= 15 is 0 Å². The number of ether oxygens (including phenoxy) is 4. The fourth-order valence-electron chi connectivity index (χ4n) is 5.33. The average Bonchev–Trinajstić information content (AvgIpc) is 2.93. The molecular formula is C28H50N2O10. The number of aliphatic hydroxyl groups is 3. The molecule has 2 rings (SSSR count). The van der Waals surface area contributed by atoms with Crippen LogP contribution < -0.4 is 10.6 Å². The van der Waals surface area contributed by atoms with Crippen LogP contribution in [0.4, 0.5) is 0 Å². The van der Waals surface area contributed by atoms with E-state index in [1.54, 1.807) is 0 Å². The second-order valence-electron chi connectivity index (χ2n) is 11.5. The average molecular weight is 575 g/mol. The topological polar surface area (TPSA) is 173 Å². The molecule has 0 radical (unpaired) electrons. The van der Waals surface area contributed by atoms with E-state index in [2.05, 4.69) is 10.6 Å². The van der Waals surface area contributed by atoms with Crippen molar-refractivity contribution in [2.75, 3.05) is 13.2 Å². The summed E-state index contributed by atoms with van der Waals surface area (Å²) < 4.78 is 24.6. The van der Waals surface area contributed by atoms with Gasteiger partial charge in [-0.1, -0.05) is 34.6 Å². The Kier molecular flexibility index (Phi) is 12.5. The lowest BCUT2D eigenvalue weighted by Gasteiger charge is -2.50. The van der Waals surface area contributed by atoms with E-state index in [1.807, 2.05) is 41.5 Å². The fraction of sp³-hybridized carbons (Fsp3) is 0.893. The van der Waals surface area contributed by atoms with E-state index in [9.17, 15) is 29.7 Å². The van der Waals surface area contributed by atoms with Crippen LogP contribution in [-0.2, 0) is 33.3 Å². The van der Waals surface area contributed by atoms with E-state index in [4.69, 9.17) is 18.9 Å². The van der Waals surface area contributed by atoms with Gasteiger partial charge in [-0.15, -0.1) is 0 Å². The van der Waals surface area contributed by atoms with Crippen molar-refractivity contribution in [2.24, 2.45) is 5.41 Å². The van der Waals surface area contributed by atoms with Crippen LogP contribution in [0, 0.1) is 5.41 Å². The minimum atomic E-state index is -1.41. The molecule has 0 aliphatic carbocycles. The van der Waals surface area contributed by atoms with E-state index in [0.29, 0.717) is 25.7 Å². The molecule has 0 saturated carbocycles. The highest BCUT2D eigenvalue weighted by atomic mass is 16.7. The Labute approximate surface area is 237 Å². The molecule has 0 aromatic heterocycles. The first-order valence-electron chi connectivity index (χ1n) is 14.4. The summed E-state index contributed by atoms with van der Waals surface area (Å²) in [7, 11) is 0. The van der Waals surface area contributed by atoms with Gasteiger partial charge in [-0.3, -0.25) is 14.4 Å². The zero-order chi connectivity index (χ0) is 30.4. The summed E-state index contributed by atoms with van der Waals surface area (Å²) in [6, 6.07) is -2.24. The van der Waals surface area contributed by atoms with Gasteiger partial charge in [-0.25, -0.2) is 0 Å². The van der Waals surface area contributed by atoms with Gasteiger partial charge in [0.05, 0.1) is 24.9 Å². The number of carbonyl (C=O) groups excluding carboxylic acids is 3. The molecular weight excluding hydrogens is 524 g/mol. The largest absolute Gasteiger partial charge is 0.394 e. The minimum absolute atomic E-state index is 0.432. The lowest BCUT2D eigenvalue weighted by atomic mass is 9.73. The van der Waals surface area contributed by atoms with Crippen molar-refractivity contribution in [3.8, 4) is 0 Å². The molecule has 12 nitrogen and oxygen atoms in total. The van der Waals surface area contributed by atoms with Crippen molar-refractivity contribution in [2.45, 2.75) is 142 Å². The lowest BCUT2D eigenvalue weighted by Crippen LogP contribution is -2.70. The summed E-state index contributed by atoms with van der Waals surface area (Å²) in [6.45, 7) is 13.1. The van der Waals surface area contributed by atoms with Crippen LogP contribution in [0.3, 0.4) is 0 Å². The Morgan fingerprint density at radius 3 is 1.90 bits per heavy atom. The van der Waals surface area contributed by atoms with Gasteiger partial charge in [0.15, 0.2) is 12.1 Å². The normalized spacial score (nSPS) is 33.5. The van der Waals surface area contributed by atoms with Crippen molar-refractivity contribution < 1.29 is 48.7 Å². The van der Waals surface area contributed by atoms with E-state index in [-0.39, 0.29) is 0 Å². The Bertz CT molecular complexity index is 862. The predicted octanol–water partition coefficient (Wildman–Crippen LogP) is 0.578. The molecule has 232 valence electrons. The number of nitrogens with one attached hydrogen (secondary N) is 2. The third kappa shape index (κ3) is 7.58. The smallest absolute Gasteiger partial charge is 0.217 e.